The largest absolute Gasteiger partial charge is 0.398 e. The molecule has 2 heterocycles. The molecule has 25 heavy (non-hydrogen) atoms. The standard InChI is InChI=1S/C20H21ClN4/c21-16-5-4-15(19(22)10-16)12-25-9-7-17(13-25)24-20-3-1-2-14-11-23-8-6-18(14)20/h1-6,8,10-11,17,24H,7,9,12-13,22H2. The molecular formula is C20H21ClN4. The smallest absolute Gasteiger partial charge is 0.0426 e. The summed E-state index contributed by atoms with van der Waals surface area (Å²) in [7, 11) is 0. The van der Waals surface area contributed by atoms with E-state index >= 15 is 0 Å². The first kappa shape index (κ1) is 16.2. The summed E-state index contributed by atoms with van der Waals surface area (Å²) >= 11 is 5.99. The average molecular weight is 353 g/mol. The van der Waals surface area contributed by atoms with E-state index in [0.29, 0.717) is 11.1 Å². The van der Waals surface area contributed by atoms with Gasteiger partial charge in [0.25, 0.3) is 0 Å². The molecule has 2 aromatic carbocycles. The summed E-state index contributed by atoms with van der Waals surface area (Å²) < 4.78 is 0. The minimum Gasteiger partial charge on any atom is -0.398 e. The molecule has 1 fully saturated rings. The highest BCUT2D eigenvalue weighted by Gasteiger charge is 2.23. The zero-order valence-corrected chi connectivity index (χ0v) is 14.7. The summed E-state index contributed by atoms with van der Waals surface area (Å²) in [5.74, 6) is 0. The normalized spacial score (nSPS) is 17.9. The lowest BCUT2D eigenvalue weighted by Crippen LogP contribution is -2.26. The quantitative estimate of drug-likeness (QED) is 0.692. The minimum absolute atomic E-state index is 0.437. The third kappa shape index (κ3) is 3.55. The van der Waals surface area contributed by atoms with Gasteiger partial charge in [-0.15, -0.1) is 0 Å². The first-order valence-corrected chi connectivity index (χ1v) is 8.92. The second-order valence-corrected chi connectivity index (χ2v) is 7.05. The zero-order chi connectivity index (χ0) is 17.2. The fraction of sp³-hybridized carbons (Fsp3) is 0.250. The molecule has 0 radical (unpaired) electrons. The summed E-state index contributed by atoms with van der Waals surface area (Å²) in [5, 5.41) is 6.77. The lowest BCUT2D eigenvalue weighted by Gasteiger charge is -2.19. The van der Waals surface area contributed by atoms with Crippen LogP contribution in [0.25, 0.3) is 10.8 Å². The third-order valence-electron chi connectivity index (χ3n) is 4.81. The van der Waals surface area contributed by atoms with Crippen LogP contribution in [0.1, 0.15) is 12.0 Å². The Kier molecular flexibility index (Phi) is 4.47. The van der Waals surface area contributed by atoms with E-state index in [-0.39, 0.29) is 0 Å². The van der Waals surface area contributed by atoms with E-state index in [0.717, 1.165) is 42.7 Å². The number of anilines is 2. The highest BCUT2D eigenvalue weighted by Crippen LogP contribution is 2.26. The highest BCUT2D eigenvalue weighted by molar-refractivity contribution is 6.30. The molecule has 1 aliphatic heterocycles. The molecule has 3 aromatic rings. The molecule has 5 heteroatoms. The Bertz CT molecular complexity index is 891. The molecule has 1 aliphatic rings. The van der Waals surface area contributed by atoms with Gasteiger partial charge in [0.2, 0.25) is 0 Å². The Morgan fingerprint density at radius 1 is 1.24 bits per heavy atom. The fourth-order valence-electron chi connectivity index (χ4n) is 3.51. The molecule has 3 N–H and O–H groups in total. The monoisotopic (exact) mass is 352 g/mol. The van der Waals surface area contributed by atoms with Crippen LogP contribution in [0.3, 0.4) is 0 Å². The van der Waals surface area contributed by atoms with Crippen molar-refractivity contribution in [2.75, 3.05) is 24.1 Å². The van der Waals surface area contributed by atoms with Crippen molar-refractivity contribution >= 4 is 33.7 Å². The summed E-state index contributed by atoms with van der Waals surface area (Å²) in [5.41, 5.74) is 9.17. The minimum atomic E-state index is 0.437. The van der Waals surface area contributed by atoms with Crippen LogP contribution in [-0.2, 0) is 6.54 Å². The van der Waals surface area contributed by atoms with Crippen LogP contribution >= 0.6 is 11.6 Å². The van der Waals surface area contributed by atoms with Crippen LogP contribution in [0.5, 0.6) is 0 Å². The number of nitrogens with one attached hydrogen (secondary N) is 1. The SMILES string of the molecule is Nc1cc(Cl)ccc1CN1CCC(Nc2cccc3cnccc23)C1. The molecule has 0 amide bonds. The van der Waals surface area contributed by atoms with Gasteiger partial charge in [0.05, 0.1) is 0 Å². The van der Waals surface area contributed by atoms with Gasteiger partial charge < -0.3 is 11.1 Å². The molecule has 128 valence electrons. The molecule has 0 bridgehead atoms. The first-order chi connectivity index (χ1) is 12.2. The number of hydrogen-bond donors (Lipinski definition) is 2. The summed E-state index contributed by atoms with van der Waals surface area (Å²) in [6.45, 7) is 2.93. The van der Waals surface area contributed by atoms with Crippen molar-refractivity contribution in [2.24, 2.45) is 0 Å². The lowest BCUT2D eigenvalue weighted by molar-refractivity contribution is 0.329. The van der Waals surface area contributed by atoms with Gasteiger partial charge >= 0.3 is 0 Å². The van der Waals surface area contributed by atoms with E-state index in [4.69, 9.17) is 17.3 Å². The van der Waals surface area contributed by atoms with Gasteiger partial charge in [0, 0.05) is 65.2 Å². The Morgan fingerprint density at radius 3 is 3.04 bits per heavy atom. The van der Waals surface area contributed by atoms with E-state index in [9.17, 15) is 0 Å². The van der Waals surface area contributed by atoms with Crippen LogP contribution in [0.15, 0.2) is 54.9 Å². The Labute approximate surface area is 152 Å². The molecule has 1 atom stereocenters. The van der Waals surface area contributed by atoms with E-state index in [2.05, 4.69) is 39.5 Å². The van der Waals surface area contributed by atoms with Crippen LogP contribution < -0.4 is 11.1 Å². The van der Waals surface area contributed by atoms with E-state index in [1.807, 2.05) is 30.6 Å². The van der Waals surface area contributed by atoms with Gasteiger partial charge in [0.1, 0.15) is 0 Å². The maximum atomic E-state index is 6.09. The van der Waals surface area contributed by atoms with Crippen molar-refractivity contribution in [3.05, 3.63) is 65.4 Å². The maximum Gasteiger partial charge on any atom is 0.0426 e. The molecule has 1 unspecified atom stereocenters. The number of rotatable bonds is 4. The number of fused-ring (bicyclic) bond motifs is 1. The average Bonchev–Trinajstić information content (AvgIpc) is 3.05. The van der Waals surface area contributed by atoms with Gasteiger partial charge in [-0.05, 0) is 36.2 Å². The van der Waals surface area contributed by atoms with Gasteiger partial charge in [0.15, 0.2) is 0 Å². The molecule has 4 nitrogen and oxygen atoms in total. The maximum absolute atomic E-state index is 6.09. The number of hydrogen-bond acceptors (Lipinski definition) is 4. The second kappa shape index (κ2) is 6.90. The van der Waals surface area contributed by atoms with Crippen molar-refractivity contribution < 1.29 is 0 Å². The number of aromatic nitrogens is 1. The van der Waals surface area contributed by atoms with E-state index < -0.39 is 0 Å². The van der Waals surface area contributed by atoms with E-state index in [1.165, 1.54) is 11.1 Å². The number of nitrogens with two attached hydrogens (primary N) is 1. The summed E-state index contributed by atoms with van der Waals surface area (Å²) in [4.78, 5) is 6.64. The van der Waals surface area contributed by atoms with Crippen molar-refractivity contribution in [1.82, 2.24) is 9.88 Å². The number of nitrogen functional groups attached to an aromatic ring is 1. The number of halogens is 1. The molecule has 1 aromatic heterocycles. The Morgan fingerprint density at radius 2 is 2.16 bits per heavy atom. The van der Waals surface area contributed by atoms with Crippen LogP contribution in [0.2, 0.25) is 5.02 Å². The zero-order valence-electron chi connectivity index (χ0n) is 14.0. The molecule has 1 saturated heterocycles. The number of likely N-dealkylation sites (tertiary alicyclic amines) is 1. The van der Waals surface area contributed by atoms with Gasteiger partial charge in [-0.2, -0.15) is 0 Å². The highest BCUT2D eigenvalue weighted by atomic mass is 35.5. The van der Waals surface area contributed by atoms with E-state index in [1.54, 1.807) is 0 Å². The van der Waals surface area contributed by atoms with Crippen LogP contribution in [-0.4, -0.2) is 29.0 Å². The molecule has 4 rings (SSSR count). The van der Waals surface area contributed by atoms with Crippen LogP contribution in [0.4, 0.5) is 11.4 Å². The van der Waals surface area contributed by atoms with Crippen LogP contribution in [0, 0.1) is 0 Å². The van der Waals surface area contributed by atoms with Gasteiger partial charge in [-0.1, -0.05) is 29.8 Å². The van der Waals surface area contributed by atoms with Gasteiger partial charge in [-0.3, -0.25) is 9.88 Å². The number of benzene rings is 2. The van der Waals surface area contributed by atoms with Crippen molar-refractivity contribution in [1.29, 1.82) is 0 Å². The predicted molar refractivity (Wildman–Crippen MR) is 105 cm³/mol. The van der Waals surface area contributed by atoms with Gasteiger partial charge in [-0.25, -0.2) is 0 Å². The first-order valence-electron chi connectivity index (χ1n) is 8.54. The number of pyridine rings is 1. The predicted octanol–water partition coefficient (Wildman–Crippen LogP) is 4.16. The third-order valence-corrected chi connectivity index (χ3v) is 5.05. The summed E-state index contributed by atoms with van der Waals surface area (Å²) in [6, 6.07) is 14.6. The lowest BCUT2D eigenvalue weighted by atomic mass is 10.1. The van der Waals surface area contributed by atoms with Crippen molar-refractivity contribution in [3.8, 4) is 0 Å². The Hall–Kier alpha value is -2.30. The van der Waals surface area contributed by atoms with Crippen molar-refractivity contribution in [3.63, 3.8) is 0 Å². The second-order valence-electron chi connectivity index (χ2n) is 6.61. The van der Waals surface area contributed by atoms with Crippen molar-refractivity contribution in [2.45, 2.75) is 19.0 Å². The summed E-state index contributed by atoms with van der Waals surface area (Å²) in [6.07, 6.45) is 4.87. The molecule has 0 spiro atoms. The molecule has 0 saturated carbocycles. The number of nitrogens with zero attached hydrogens (tertiary/aromatic N) is 2. The fourth-order valence-corrected chi connectivity index (χ4v) is 3.69. The Balaban J connectivity index is 1.44. The molecular weight excluding hydrogens is 332 g/mol. The topological polar surface area (TPSA) is 54.2 Å². The molecule has 0 aliphatic carbocycles.